The molecule has 5 N–H and O–H groups in total. The molecule has 0 aliphatic heterocycles. The van der Waals surface area contributed by atoms with E-state index in [-0.39, 0.29) is 12.2 Å². The number of rotatable bonds is 2. The van der Waals surface area contributed by atoms with Crippen LogP contribution in [0.4, 0.5) is 26.3 Å². The van der Waals surface area contributed by atoms with Crippen LogP contribution in [0.3, 0.4) is 0 Å². The number of halogens is 6. The molecule has 2 atom stereocenters. The highest BCUT2D eigenvalue weighted by atomic mass is 19.3. The quantitative estimate of drug-likeness (QED) is 0.248. The van der Waals surface area contributed by atoms with Crippen LogP contribution in [0.5, 0.6) is 0 Å². The Hall–Kier alpha value is -0.790. The Bertz CT molecular complexity index is 352. The average molecular weight is 312 g/mol. The Morgan fingerprint density at radius 1 is 0.950 bits per heavy atom. The summed E-state index contributed by atoms with van der Waals surface area (Å²) >= 11 is 0. The Morgan fingerprint density at radius 3 is 1.70 bits per heavy atom. The van der Waals surface area contributed by atoms with Crippen molar-refractivity contribution in [1.82, 2.24) is 0 Å². The van der Waals surface area contributed by atoms with Crippen molar-refractivity contribution in [2.45, 2.75) is 23.9 Å². The maximum Gasteiger partial charge on any atom is 0.636 e. The van der Waals surface area contributed by atoms with Gasteiger partial charge in [-0.15, -0.1) is 0 Å². The van der Waals surface area contributed by atoms with Gasteiger partial charge >= 0.3 is 26.5 Å². The van der Waals surface area contributed by atoms with Gasteiger partial charge in [-0.05, 0) is 12.2 Å². The Morgan fingerprint density at radius 2 is 1.35 bits per heavy atom. The van der Waals surface area contributed by atoms with Gasteiger partial charge in [-0.1, -0.05) is 0 Å². The van der Waals surface area contributed by atoms with E-state index in [1.165, 1.54) is 0 Å². The number of hydrogen-bond donors (Lipinski definition) is 5. The molecule has 0 fully saturated rings. The van der Waals surface area contributed by atoms with Crippen molar-refractivity contribution in [2.24, 2.45) is 0 Å². The van der Waals surface area contributed by atoms with Gasteiger partial charge in [0.1, 0.15) is 0 Å². The lowest BCUT2D eigenvalue weighted by molar-refractivity contribution is -0.329. The zero-order chi connectivity index (χ0) is 16.4. The highest BCUT2D eigenvalue weighted by molar-refractivity contribution is 6.32. The predicted octanol–water partition coefficient (Wildman–Crippen LogP) is -1.23. The van der Waals surface area contributed by atoms with Crippen molar-refractivity contribution >= 4 is 14.6 Å². The molecule has 1 aliphatic rings. The minimum Gasteiger partial charge on any atom is -0.402 e. The first-order chi connectivity index (χ1) is 8.78. The third-order valence-corrected chi connectivity index (χ3v) is 1.95. The Kier molecular flexibility index (Phi) is 6.07. The molecule has 6 nitrogen and oxygen atoms in total. The van der Waals surface area contributed by atoms with Crippen LogP contribution in [0, 0.1) is 0 Å². The monoisotopic (exact) mass is 312 g/mol. The largest absolute Gasteiger partial charge is 0.636 e. The van der Waals surface area contributed by atoms with Gasteiger partial charge in [0.05, 0.1) is 0 Å². The standard InChI is InChI=1S/C6H5BF6O3.BH3O3/c8-3-1-2-4(9,16-7(14)15)6(12,13)5(3,10)11;2-1(3)4/h1-3,14-15H;2-4H. The van der Waals surface area contributed by atoms with E-state index in [1.54, 1.807) is 0 Å². The molecule has 20 heavy (non-hydrogen) atoms. The summed E-state index contributed by atoms with van der Waals surface area (Å²) in [5, 5.41) is 37.8. The lowest BCUT2D eigenvalue weighted by Crippen LogP contribution is -2.63. The maximum absolute atomic E-state index is 13.2. The van der Waals surface area contributed by atoms with Gasteiger partial charge < -0.3 is 29.8 Å². The van der Waals surface area contributed by atoms with E-state index in [1.807, 2.05) is 0 Å². The molecule has 0 spiro atoms. The van der Waals surface area contributed by atoms with Crippen molar-refractivity contribution in [1.29, 1.82) is 0 Å². The van der Waals surface area contributed by atoms with Crippen LogP contribution in [-0.4, -0.2) is 63.6 Å². The highest BCUT2D eigenvalue weighted by Crippen LogP contribution is 2.51. The van der Waals surface area contributed by atoms with Crippen LogP contribution < -0.4 is 0 Å². The second-order valence-corrected chi connectivity index (χ2v) is 3.39. The second kappa shape index (κ2) is 6.32. The number of allylic oxidation sites excluding steroid dienone is 1. The first kappa shape index (κ1) is 19.2. The smallest absolute Gasteiger partial charge is 0.402 e. The van der Waals surface area contributed by atoms with Crippen LogP contribution in [0.2, 0.25) is 0 Å². The Balaban J connectivity index is 0.000000796. The fourth-order valence-electron chi connectivity index (χ4n) is 1.10. The summed E-state index contributed by atoms with van der Waals surface area (Å²) in [6, 6.07) is 0. The summed E-state index contributed by atoms with van der Waals surface area (Å²) in [6.45, 7) is 0. The van der Waals surface area contributed by atoms with E-state index < -0.39 is 38.5 Å². The van der Waals surface area contributed by atoms with Gasteiger partial charge in [0.2, 0.25) is 0 Å². The third-order valence-electron chi connectivity index (χ3n) is 1.95. The SMILES string of the molecule is OB(O)O.OB(O)OC1(F)C=CC(F)C(F)(F)C1(F)F. The molecule has 0 saturated heterocycles. The fourth-order valence-corrected chi connectivity index (χ4v) is 1.10. The molecule has 1 rings (SSSR count). The van der Waals surface area contributed by atoms with Crippen molar-refractivity contribution < 1.29 is 56.1 Å². The van der Waals surface area contributed by atoms with E-state index in [0.29, 0.717) is 0 Å². The molecule has 1 aliphatic carbocycles. The van der Waals surface area contributed by atoms with Gasteiger partial charge in [0.15, 0.2) is 6.17 Å². The summed E-state index contributed by atoms with van der Waals surface area (Å²) in [6.07, 6.45) is -3.90. The first-order valence-electron chi connectivity index (χ1n) is 4.64. The molecular weight excluding hydrogens is 304 g/mol. The van der Waals surface area contributed by atoms with Gasteiger partial charge in [0.25, 0.3) is 5.85 Å². The summed E-state index contributed by atoms with van der Waals surface area (Å²) < 4.78 is 80.0. The van der Waals surface area contributed by atoms with Gasteiger partial charge in [-0.2, -0.15) is 17.6 Å². The lowest BCUT2D eigenvalue weighted by atomic mass is 9.92. The van der Waals surface area contributed by atoms with E-state index in [2.05, 4.69) is 4.65 Å². The minimum atomic E-state index is -5.57. The summed E-state index contributed by atoms with van der Waals surface area (Å²) in [4.78, 5) is 0. The highest BCUT2D eigenvalue weighted by Gasteiger charge is 2.75. The van der Waals surface area contributed by atoms with Crippen molar-refractivity contribution in [3.63, 3.8) is 0 Å². The van der Waals surface area contributed by atoms with Gasteiger partial charge in [-0.25, -0.2) is 8.78 Å². The third kappa shape index (κ3) is 3.86. The summed E-state index contributed by atoms with van der Waals surface area (Å²) in [5.41, 5.74) is 0. The molecule has 0 amide bonds. The van der Waals surface area contributed by atoms with Crippen LogP contribution in [0.1, 0.15) is 0 Å². The van der Waals surface area contributed by atoms with Crippen molar-refractivity contribution in [2.75, 3.05) is 0 Å². The number of alkyl halides is 6. The maximum atomic E-state index is 13.2. The van der Waals surface area contributed by atoms with Gasteiger partial charge in [0, 0.05) is 0 Å². The van der Waals surface area contributed by atoms with Crippen LogP contribution in [0.15, 0.2) is 12.2 Å². The number of hydrogen-bond acceptors (Lipinski definition) is 6. The van der Waals surface area contributed by atoms with Crippen LogP contribution >= 0.6 is 0 Å². The van der Waals surface area contributed by atoms with E-state index in [9.17, 15) is 26.3 Å². The molecule has 2 unspecified atom stereocenters. The molecule has 0 aromatic heterocycles. The molecular formula is C6H8B2F6O6. The predicted molar refractivity (Wildman–Crippen MR) is 51.5 cm³/mol. The van der Waals surface area contributed by atoms with Gasteiger partial charge in [-0.3, -0.25) is 0 Å². The molecule has 116 valence electrons. The van der Waals surface area contributed by atoms with Crippen molar-refractivity contribution in [3.05, 3.63) is 12.2 Å². The lowest BCUT2D eigenvalue weighted by Gasteiger charge is -2.39. The topological polar surface area (TPSA) is 110 Å². The second-order valence-electron chi connectivity index (χ2n) is 3.39. The molecule has 0 radical (unpaired) electrons. The fraction of sp³-hybridized carbons (Fsp3) is 0.667. The summed E-state index contributed by atoms with van der Waals surface area (Å²) in [5.74, 6) is -15.4. The molecule has 0 saturated carbocycles. The van der Waals surface area contributed by atoms with E-state index >= 15 is 0 Å². The molecule has 0 bridgehead atoms. The zero-order valence-electron chi connectivity index (χ0n) is 9.30. The minimum absolute atomic E-state index is 0.181. The average Bonchev–Trinajstić information content (AvgIpc) is 2.21. The molecule has 0 heterocycles. The molecule has 0 aromatic rings. The van der Waals surface area contributed by atoms with Crippen LogP contribution in [-0.2, 0) is 4.65 Å². The Labute approximate surface area is 108 Å². The van der Waals surface area contributed by atoms with Crippen LogP contribution in [0.25, 0.3) is 0 Å². The zero-order valence-corrected chi connectivity index (χ0v) is 9.30. The first-order valence-corrected chi connectivity index (χ1v) is 4.64. The van der Waals surface area contributed by atoms with Crippen molar-refractivity contribution in [3.8, 4) is 0 Å². The van der Waals surface area contributed by atoms with E-state index in [4.69, 9.17) is 25.1 Å². The summed E-state index contributed by atoms with van der Waals surface area (Å²) in [7, 11) is -5.22. The normalized spacial score (nSPS) is 30.2. The van der Waals surface area contributed by atoms with E-state index in [0.717, 1.165) is 0 Å². The molecule has 0 aromatic carbocycles. The molecule has 14 heteroatoms.